The zero-order valence-electron chi connectivity index (χ0n) is 23.5. The van der Waals surface area contributed by atoms with Gasteiger partial charge in [-0.3, -0.25) is 0 Å². The summed E-state index contributed by atoms with van der Waals surface area (Å²) >= 11 is 0. The SMILES string of the molecule is CCCCCCCCCCCCCC1N(CCCCCCCCCCCC)C=CN1C(C)C. The largest absolute Gasteiger partial charge is 0.356 e. The monoisotopic (exact) mass is 462 g/mol. The Hall–Kier alpha value is -0.660. The van der Waals surface area contributed by atoms with Crippen LogP contribution in [0.2, 0.25) is 0 Å². The lowest BCUT2D eigenvalue weighted by atomic mass is 10.0. The molecule has 0 spiro atoms. The van der Waals surface area contributed by atoms with E-state index in [4.69, 9.17) is 0 Å². The highest BCUT2D eigenvalue weighted by Gasteiger charge is 2.26. The quantitative estimate of drug-likeness (QED) is 0.132. The molecule has 0 radical (unpaired) electrons. The molecule has 2 heteroatoms. The predicted octanol–water partition coefficient (Wildman–Crippen LogP) is 10.4. The second-order valence-corrected chi connectivity index (χ2v) is 11.1. The van der Waals surface area contributed by atoms with Gasteiger partial charge < -0.3 is 9.80 Å². The van der Waals surface area contributed by atoms with E-state index in [1.54, 1.807) is 0 Å². The van der Waals surface area contributed by atoms with Crippen LogP contribution in [-0.2, 0) is 0 Å². The van der Waals surface area contributed by atoms with Crippen molar-refractivity contribution in [2.75, 3.05) is 6.54 Å². The van der Waals surface area contributed by atoms with Crippen LogP contribution in [0.15, 0.2) is 12.4 Å². The van der Waals surface area contributed by atoms with E-state index in [2.05, 4.69) is 49.9 Å². The summed E-state index contributed by atoms with van der Waals surface area (Å²) in [5.41, 5.74) is 0. The van der Waals surface area contributed by atoms with Gasteiger partial charge in [0.05, 0.1) is 0 Å². The number of unbranched alkanes of at least 4 members (excludes halogenated alkanes) is 19. The van der Waals surface area contributed by atoms with Crippen molar-refractivity contribution < 1.29 is 0 Å². The Kier molecular flexibility index (Phi) is 20.1. The van der Waals surface area contributed by atoms with Crippen LogP contribution in [0, 0.1) is 0 Å². The summed E-state index contributed by atoms with van der Waals surface area (Å²) < 4.78 is 0. The first-order chi connectivity index (χ1) is 16.2. The second-order valence-electron chi connectivity index (χ2n) is 11.1. The van der Waals surface area contributed by atoms with Gasteiger partial charge in [0, 0.05) is 25.0 Å². The molecule has 0 saturated carbocycles. The van der Waals surface area contributed by atoms with Gasteiger partial charge in [0.2, 0.25) is 0 Å². The second kappa shape index (κ2) is 21.8. The van der Waals surface area contributed by atoms with Crippen molar-refractivity contribution >= 4 is 0 Å². The third-order valence-corrected chi connectivity index (χ3v) is 7.59. The number of hydrogen-bond donors (Lipinski definition) is 0. The molecule has 1 heterocycles. The summed E-state index contributed by atoms with van der Waals surface area (Å²) in [5.74, 6) is 0. The molecule has 33 heavy (non-hydrogen) atoms. The lowest BCUT2D eigenvalue weighted by molar-refractivity contribution is 0.114. The van der Waals surface area contributed by atoms with Gasteiger partial charge in [-0.1, -0.05) is 136 Å². The van der Waals surface area contributed by atoms with Crippen molar-refractivity contribution in [3.05, 3.63) is 12.4 Å². The highest BCUT2D eigenvalue weighted by molar-refractivity contribution is 4.98. The Labute approximate surface area is 210 Å². The van der Waals surface area contributed by atoms with Crippen molar-refractivity contribution in [1.29, 1.82) is 0 Å². The Morgan fingerprint density at radius 3 is 1.33 bits per heavy atom. The molecule has 0 N–H and O–H groups in total. The molecule has 0 aromatic carbocycles. The molecule has 0 amide bonds. The molecule has 0 bridgehead atoms. The lowest BCUT2D eigenvalue weighted by Gasteiger charge is -2.35. The number of nitrogens with zero attached hydrogens (tertiary/aromatic N) is 2. The maximum atomic E-state index is 2.65. The fourth-order valence-corrected chi connectivity index (χ4v) is 5.36. The van der Waals surface area contributed by atoms with Crippen molar-refractivity contribution in [3.8, 4) is 0 Å². The molecule has 1 aliphatic heterocycles. The normalized spacial score (nSPS) is 16.0. The third kappa shape index (κ3) is 15.8. The Bertz CT molecular complexity index is 431. The summed E-state index contributed by atoms with van der Waals surface area (Å²) in [7, 11) is 0. The fourth-order valence-electron chi connectivity index (χ4n) is 5.36. The van der Waals surface area contributed by atoms with Gasteiger partial charge in [0.1, 0.15) is 6.17 Å². The molecule has 0 saturated heterocycles. The molecule has 0 aromatic heterocycles. The van der Waals surface area contributed by atoms with Crippen LogP contribution in [0.4, 0.5) is 0 Å². The lowest BCUT2D eigenvalue weighted by Crippen LogP contribution is -2.42. The molecule has 1 unspecified atom stereocenters. The third-order valence-electron chi connectivity index (χ3n) is 7.59. The Balaban J connectivity index is 2.08. The standard InChI is InChI=1S/C31H62N2/c1-5-7-9-11-13-15-17-18-20-22-24-26-31-32(28-29-33(31)30(3)4)27-25-23-21-19-16-14-12-10-8-6-2/h28-31H,5-27H2,1-4H3. The number of rotatable bonds is 24. The minimum Gasteiger partial charge on any atom is -0.356 e. The van der Waals surface area contributed by atoms with E-state index >= 15 is 0 Å². The Morgan fingerprint density at radius 2 is 0.909 bits per heavy atom. The van der Waals surface area contributed by atoms with E-state index in [1.807, 2.05) is 0 Å². The van der Waals surface area contributed by atoms with Crippen LogP contribution < -0.4 is 0 Å². The van der Waals surface area contributed by atoms with Crippen LogP contribution in [0.5, 0.6) is 0 Å². The molecular formula is C31H62N2. The van der Waals surface area contributed by atoms with Gasteiger partial charge >= 0.3 is 0 Å². The summed E-state index contributed by atoms with van der Waals surface area (Å²) in [5, 5.41) is 0. The molecule has 196 valence electrons. The van der Waals surface area contributed by atoms with E-state index in [0.717, 1.165) is 0 Å². The van der Waals surface area contributed by atoms with Crippen LogP contribution in [-0.4, -0.2) is 28.6 Å². The van der Waals surface area contributed by atoms with E-state index in [-0.39, 0.29) is 0 Å². The molecule has 1 rings (SSSR count). The van der Waals surface area contributed by atoms with E-state index in [0.29, 0.717) is 12.2 Å². The average molecular weight is 463 g/mol. The molecule has 0 aliphatic carbocycles. The Morgan fingerprint density at radius 1 is 0.515 bits per heavy atom. The maximum absolute atomic E-state index is 2.65. The van der Waals surface area contributed by atoms with Gasteiger partial charge in [-0.15, -0.1) is 0 Å². The van der Waals surface area contributed by atoms with Crippen molar-refractivity contribution in [1.82, 2.24) is 9.80 Å². The fraction of sp³-hybridized carbons (Fsp3) is 0.935. The van der Waals surface area contributed by atoms with Crippen molar-refractivity contribution in [3.63, 3.8) is 0 Å². The van der Waals surface area contributed by atoms with Crippen molar-refractivity contribution in [2.24, 2.45) is 0 Å². The number of hydrogen-bond acceptors (Lipinski definition) is 2. The van der Waals surface area contributed by atoms with Crippen molar-refractivity contribution in [2.45, 2.75) is 181 Å². The van der Waals surface area contributed by atoms with Gasteiger partial charge in [0.15, 0.2) is 0 Å². The first kappa shape index (κ1) is 30.4. The molecule has 0 aromatic rings. The molecule has 0 fully saturated rings. The molecule has 1 atom stereocenters. The average Bonchev–Trinajstić information content (AvgIpc) is 3.21. The topological polar surface area (TPSA) is 6.48 Å². The molecular weight excluding hydrogens is 400 g/mol. The zero-order valence-corrected chi connectivity index (χ0v) is 23.5. The molecule has 1 aliphatic rings. The summed E-state index contributed by atoms with van der Waals surface area (Å²) in [6.07, 6.45) is 36.7. The van der Waals surface area contributed by atoms with Crippen LogP contribution in [0.3, 0.4) is 0 Å². The summed E-state index contributed by atoms with van der Waals surface area (Å²) in [6, 6.07) is 0.608. The minimum absolute atomic E-state index is 0.608. The van der Waals surface area contributed by atoms with Gasteiger partial charge in [-0.2, -0.15) is 0 Å². The maximum Gasteiger partial charge on any atom is 0.101 e. The summed E-state index contributed by atoms with van der Waals surface area (Å²) in [4.78, 5) is 5.26. The predicted molar refractivity (Wildman–Crippen MR) is 150 cm³/mol. The van der Waals surface area contributed by atoms with Gasteiger partial charge in [-0.25, -0.2) is 0 Å². The van der Waals surface area contributed by atoms with Gasteiger partial charge in [-0.05, 0) is 33.1 Å². The highest BCUT2D eigenvalue weighted by atomic mass is 15.4. The van der Waals surface area contributed by atoms with Crippen LogP contribution >= 0.6 is 0 Å². The highest BCUT2D eigenvalue weighted by Crippen LogP contribution is 2.25. The van der Waals surface area contributed by atoms with E-state index in [9.17, 15) is 0 Å². The first-order valence-electron chi connectivity index (χ1n) is 15.4. The van der Waals surface area contributed by atoms with Crippen LogP contribution in [0.1, 0.15) is 169 Å². The van der Waals surface area contributed by atoms with Gasteiger partial charge in [0.25, 0.3) is 0 Å². The van der Waals surface area contributed by atoms with E-state index < -0.39 is 0 Å². The minimum atomic E-state index is 0.608. The smallest absolute Gasteiger partial charge is 0.101 e. The molecule has 2 nitrogen and oxygen atoms in total. The van der Waals surface area contributed by atoms with Crippen LogP contribution in [0.25, 0.3) is 0 Å². The summed E-state index contributed by atoms with van der Waals surface area (Å²) in [6.45, 7) is 10.6. The van der Waals surface area contributed by atoms with E-state index in [1.165, 1.54) is 148 Å². The zero-order chi connectivity index (χ0) is 24.0. The first-order valence-corrected chi connectivity index (χ1v) is 15.4.